The molecular formula is C10H12BrNO. The zero-order chi connectivity index (χ0) is 9.42. The Morgan fingerprint density at radius 2 is 2.15 bits per heavy atom. The minimum atomic E-state index is 0.0708. The van der Waals surface area contributed by atoms with Crippen LogP contribution in [-0.2, 0) is 0 Å². The smallest absolute Gasteiger partial charge is 0.130 e. The molecule has 3 heteroatoms. The van der Waals surface area contributed by atoms with Gasteiger partial charge in [-0.3, -0.25) is 0 Å². The van der Waals surface area contributed by atoms with Crippen molar-refractivity contribution < 1.29 is 5.11 Å². The van der Waals surface area contributed by atoms with E-state index in [0.717, 1.165) is 10.0 Å². The second kappa shape index (κ2) is 3.31. The van der Waals surface area contributed by atoms with E-state index >= 15 is 0 Å². The minimum absolute atomic E-state index is 0.0708. The molecule has 1 aromatic rings. The quantitative estimate of drug-likeness (QED) is 0.837. The van der Waals surface area contributed by atoms with Crippen molar-refractivity contribution in [1.82, 2.24) is 0 Å². The summed E-state index contributed by atoms with van der Waals surface area (Å²) in [5.74, 6) is 0.881. The van der Waals surface area contributed by atoms with Gasteiger partial charge in [0.25, 0.3) is 0 Å². The molecule has 1 fully saturated rings. The average molecular weight is 242 g/mol. The van der Waals surface area contributed by atoms with Crippen LogP contribution >= 0.6 is 15.9 Å². The molecule has 1 aliphatic carbocycles. The van der Waals surface area contributed by atoms with E-state index in [1.54, 1.807) is 6.07 Å². The third-order valence-electron chi connectivity index (χ3n) is 2.50. The van der Waals surface area contributed by atoms with Crippen molar-refractivity contribution in [3.8, 4) is 5.75 Å². The maximum Gasteiger partial charge on any atom is 0.130 e. The number of phenols is 1. The number of hydrogen-bond acceptors (Lipinski definition) is 2. The van der Waals surface area contributed by atoms with Crippen molar-refractivity contribution in [1.29, 1.82) is 0 Å². The standard InChI is InChI=1S/C10H12BrNO/c11-9-7(2-1-3-8(9)13)10(12)6-4-5-6/h1-3,6,10,13H,4-5,12H2. The van der Waals surface area contributed by atoms with Crippen LogP contribution in [0, 0.1) is 5.92 Å². The first-order valence-corrected chi connectivity index (χ1v) is 5.22. The highest BCUT2D eigenvalue weighted by molar-refractivity contribution is 9.10. The molecule has 0 radical (unpaired) electrons. The Hall–Kier alpha value is -0.540. The van der Waals surface area contributed by atoms with Crippen molar-refractivity contribution in [3.05, 3.63) is 28.2 Å². The normalized spacial score (nSPS) is 18.6. The van der Waals surface area contributed by atoms with Crippen molar-refractivity contribution in [3.63, 3.8) is 0 Å². The lowest BCUT2D eigenvalue weighted by molar-refractivity contribution is 0.469. The number of benzene rings is 1. The van der Waals surface area contributed by atoms with Crippen molar-refractivity contribution >= 4 is 15.9 Å². The van der Waals surface area contributed by atoms with E-state index in [9.17, 15) is 5.11 Å². The predicted octanol–water partition coefficient (Wildman–Crippen LogP) is 2.56. The first-order chi connectivity index (χ1) is 6.20. The highest BCUT2D eigenvalue weighted by Gasteiger charge is 2.30. The van der Waals surface area contributed by atoms with Gasteiger partial charge in [-0.05, 0) is 46.3 Å². The van der Waals surface area contributed by atoms with Crippen LogP contribution in [0.15, 0.2) is 22.7 Å². The number of rotatable bonds is 2. The topological polar surface area (TPSA) is 46.2 Å². The second-order valence-electron chi connectivity index (χ2n) is 3.54. The number of nitrogens with two attached hydrogens (primary N) is 1. The van der Waals surface area contributed by atoms with Gasteiger partial charge >= 0.3 is 0 Å². The van der Waals surface area contributed by atoms with Crippen LogP contribution in [0.25, 0.3) is 0 Å². The first kappa shape index (κ1) is 9.03. The van der Waals surface area contributed by atoms with Gasteiger partial charge in [0.15, 0.2) is 0 Å². The number of aromatic hydroxyl groups is 1. The van der Waals surface area contributed by atoms with E-state index in [4.69, 9.17) is 5.73 Å². The summed E-state index contributed by atoms with van der Waals surface area (Å²) in [4.78, 5) is 0. The molecule has 1 aromatic carbocycles. The van der Waals surface area contributed by atoms with Gasteiger partial charge in [-0.15, -0.1) is 0 Å². The van der Waals surface area contributed by atoms with Crippen molar-refractivity contribution in [2.75, 3.05) is 0 Å². The summed E-state index contributed by atoms with van der Waals surface area (Å²) in [6.07, 6.45) is 2.42. The molecule has 1 aliphatic rings. The first-order valence-electron chi connectivity index (χ1n) is 4.43. The Balaban J connectivity index is 2.32. The lowest BCUT2D eigenvalue weighted by Gasteiger charge is -2.13. The molecule has 0 saturated heterocycles. The average Bonchev–Trinajstić information content (AvgIpc) is 2.91. The Morgan fingerprint density at radius 1 is 1.46 bits per heavy atom. The lowest BCUT2D eigenvalue weighted by Crippen LogP contribution is -2.12. The minimum Gasteiger partial charge on any atom is -0.507 e. The maximum atomic E-state index is 9.45. The Bertz CT molecular complexity index is 323. The van der Waals surface area contributed by atoms with Gasteiger partial charge in [0.1, 0.15) is 5.75 Å². The van der Waals surface area contributed by atoms with Gasteiger partial charge in [0.05, 0.1) is 4.47 Å². The van der Waals surface area contributed by atoms with Crippen molar-refractivity contribution in [2.45, 2.75) is 18.9 Å². The van der Waals surface area contributed by atoms with E-state index in [-0.39, 0.29) is 11.8 Å². The van der Waals surface area contributed by atoms with Crippen LogP contribution in [-0.4, -0.2) is 5.11 Å². The molecule has 2 nitrogen and oxygen atoms in total. The molecule has 70 valence electrons. The molecule has 13 heavy (non-hydrogen) atoms. The molecule has 3 N–H and O–H groups in total. The third kappa shape index (κ3) is 1.71. The Labute approximate surface area is 85.9 Å². The number of halogens is 1. The van der Waals surface area contributed by atoms with Gasteiger partial charge in [0, 0.05) is 6.04 Å². The summed E-state index contributed by atoms with van der Waals surface area (Å²) < 4.78 is 0.745. The van der Waals surface area contributed by atoms with Gasteiger partial charge < -0.3 is 10.8 Å². The molecule has 0 bridgehead atoms. The van der Waals surface area contributed by atoms with Crippen LogP contribution < -0.4 is 5.73 Å². The van der Waals surface area contributed by atoms with Crippen LogP contribution in [0.5, 0.6) is 5.75 Å². The fourth-order valence-corrected chi connectivity index (χ4v) is 2.03. The van der Waals surface area contributed by atoms with Crippen molar-refractivity contribution in [2.24, 2.45) is 11.7 Å². The predicted molar refractivity (Wildman–Crippen MR) is 55.5 cm³/mol. The zero-order valence-electron chi connectivity index (χ0n) is 7.20. The number of phenolic OH excluding ortho intramolecular Hbond substituents is 1. The summed E-state index contributed by atoms with van der Waals surface area (Å²) in [6.45, 7) is 0. The van der Waals surface area contributed by atoms with Gasteiger partial charge in [0.2, 0.25) is 0 Å². The molecule has 0 heterocycles. The molecule has 0 amide bonds. The molecule has 1 unspecified atom stereocenters. The summed E-state index contributed by atoms with van der Waals surface area (Å²) in [5, 5.41) is 9.45. The van der Waals surface area contributed by atoms with Gasteiger partial charge in [-0.25, -0.2) is 0 Å². The molecule has 2 rings (SSSR count). The molecule has 0 spiro atoms. The monoisotopic (exact) mass is 241 g/mol. The van der Waals surface area contributed by atoms with E-state index in [1.807, 2.05) is 12.1 Å². The van der Waals surface area contributed by atoms with Crippen LogP contribution in [0.2, 0.25) is 0 Å². The Kier molecular flexibility index (Phi) is 2.30. The molecular weight excluding hydrogens is 230 g/mol. The summed E-state index contributed by atoms with van der Waals surface area (Å²) in [5.41, 5.74) is 7.05. The van der Waals surface area contributed by atoms with Crippen LogP contribution in [0.3, 0.4) is 0 Å². The third-order valence-corrected chi connectivity index (χ3v) is 3.36. The lowest BCUT2D eigenvalue weighted by atomic mass is 10.0. The molecule has 0 aromatic heterocycles. The summed E-state index contributed by atoms with van der Waals surface area (Å²) >= 11 is 3.35. The largest absolute Gasteiger partial charge is 0.507 e. The fraction of sp³-hybridized carbons (Fsp3) is 0.400. The molecule has 1 saturated carbocycles. The summed E-state index contributed by atoms with van der Waals surface area (Å²) in [7, 11) is 0. The van der Waals surface area contributed by atoms with E-state index in [1.165, 1.54) is 12.8 Å². The highest BCUT2D eigenvalue weighted by Crippen LogP contribution is 2.42. The maximum absolute atomic E-state index is 9.45. The summed E-state index contributed by atoms with van der Waals surface area (Å²) in [6, 6.07) is 5.53. The number of hydrogen-bond donors (Lipinski definition) is 2. The van der Waals surface area contributed by atoms with Gasteiger partial charge in [-0.1, -0.05) is 12.1 Å². The molecule has 1 atom stereocenters. The Morgan fingerprint density at radius 3 is 2.77 bits per heavy atom. The second-order valence-corrected chi connectivity index (χ2v) is 4.34. The van der Waals surface area contributed by atoms with Gasteiger partial charge in [-0.2, -0.15) is 0 Å². The molecule has 0 aliphatic heterocycles. The van der Waals surface area contributed by atoms with E-state index in [2.05, 4.69) is 15.9 Å². The van der Waals surface area contributed by atoms with Crippen LogP contribution in [0.4, 0.5) is 0 Å². The van der Waals surface area contributed by atoms with E-state index in [0.29, 0.717) is 5.92 Å². The van der Waals surface area contributed by atoms with Crippen LogP contribution in [0.1, 0.15) is 24.4 Å². The fourth-order valence-electron chi connectivity index (χ4n) is 1.50. The highest BCUT2D eigenvalue weighted by atomic mass is 79.9. The zero-order valence-corrected chi connectivity index (χ0v) is 8.79. The SMILES string of the molecule is NC(c1cccc(O)c1Br)C1CC1. The van der Waals surface area contributed by atoms with E-state index < -0.39 is 0 Å².